The zero-order valence-electron chi connectivity index (χ0n) is 22.5. The number of rotatable bonds is 8. The van der Waals surface area contributed by atoms with Crippen molar-refractivity contribution in [3.63, 3.8) is 0 Å². The number of aliphatic hydroxyl groups is 1. The molecule has 4 aromatic rings. The molecule has 0 saturated carbocycles. The summed E-state index contributed by atoms with van der Waals surface area (Å²) in [6, 6.07) is 2.63. The molecule has 0 aliphatic carbocycles. The summed E-state index contributed by atoms with van der Waals surface area (Å²) < 4.78 is 80.4. The van der Waals surface area contributed by atoms with E-state index in [-0.39, 0.29) is 76.4 Å². The number of amides is 1. The van der Waals surface area contributed by atoms with E-state index in [2.05, 4.69) is 25.6 Å². The normalized spacial score (nSPS) is 18.5. The number of halogens is 5. The lowest BCUT2D eigenvalue weighted by molar-refractivity contribution is -0.137. The second kappa shape index (κ2) is 11.3. The molecule has 2 aromatic heterocycles. The molecule has 2 bridgehead atoms. The van der Waals surface area contributed by atoms with Crippen LogP contribution in [0.1, 0.15) is 24.8 Å². The number of ether oxygens (including phenoxy) is 1. The maximum Gasteiger partial charge on any atom is 0.417 e. The van der Waals surface area contributed by atoms with Crippen LogP contribution < -0.4 is 26.0 Å². The van der Waals surface area contributed by atoms with E-state index < -0.39 is 40.4 Å². The van der Waals surface area contributed by atoms with Crippen LogP contribution in [-0.2, 0) is 11.0 Å². The molecular weight excluding hydrogens is 597 g/mol. The number of fused-ring (bicyclic) bond motifs is 4. The van der Waals surface area contributed by atoms with E-state index in [9.17, 15) is 22.4 Å². The average Bonchev–Trinajstić information content (AvgIpc) is 3.52. The van der Waals surface area contributed by atoms with Gasteiger partial charge < -0.3 is 31.1 Å². The second-order valence-electron chi connectivity index (χ2n) is 10.4. The van der Waals surface area contributed by atoms with Gasteiger partial charge in [-0.2, -0.15) is 23.1 Å². The lowest BCUT2D eigenvalue weighted by atomic mass is 9.95. The molecule has 1 amide bonds. The molecule has 5 N–H and O–H groups in total. The zero-order valence-corrected chi connectivity index (χ0v) is 23.3. The van der Waals surface area contributed by atoms with Gasteiger partial charge in [-0.3, -0.25) is 4.79 Å². The van der Waals surface area contributed by atoms with Gasteiger partial charge in [0.15, 0.2) is 10.9 Å². The Morgan fingerprint density at radius 1 is 1.16 bits per heavy atom. The van der Waals surface area contributed by atoms with Gasteiger partial charge in [0.05, 0.1) is 28.8 Å². The fourth-order valence-corrected chi connectivity index (χ4v) is 6.43. The summed E-state index contributed by atoms with van der Waals surface area (Å²) >= 11 is 0.740. The van der Waals surface area contributed by atoms with Gasteiger partial charge in [0, 0.05) is 48.2 Å². The average molecular weight is 624 g/mol. The molecule has 43 heavy (non-hydrogen) atoms. The number of hydrogen-bond acceptors (Lipinski definition) is 10. The van der Waals surface area contributed by atoms with Gasteiger partial charge in [0.1, 0.15) is 23.8 Å². The largest absolute Gasteiger partial charge is 0.463 e. The topological polar surface area (TPSA) is 139 Å². The van der Waals surface area contributed by atoms with Crippen molar-refractivity contribution < 1.29 is 36.6 Å². The Labute approximate surface area is 245 Å². The van der Waals surface area contributed by atoms with Gasteiger partial charge >= 0.3 is 12.2 Å². The number of aliphatic hydroxyl groups excluding tert-OH is 1. The Morgan fingerprint density at radius 3 is 2.60 bits per heavy atom. The van der Waals surface area contributed by atoms with Crippen LogP contribution >= 0.6 is 11.3 Å². The summed E-state index contributed by atoms with van der Waals surface area (Å²) in [6.07, 6.45) is -3.39. The third-order valence-electron chi connectivity index (χ3n) is 7.49. The molecule has 0 radical (unpaired) electrons. The first kappa shape index (κ1) is 29.2. The monoisotopic (exact) mass is 623 g/mol. The SMILES string of the molecule is Nc1nc2c(-c3c(C(F)(F)F)cc4c(N5CC6CCC(C5)N6)nc(OCCC(=O)NCCO)nc4c3F)ccc(F)c2s1. The van der Waals surface area contributed by atoms with Gasteiger partial charge in [0.25, 0.3) is 0 Å². The first-order valence-electron chi connectivity index (χ1n) is 13.5. The molecule has 2 unspecified atom stereocenters. The molecule has 10 nitrogen and oxygen atoms in total. The van der Waals surface area contributed by atoms with E-state index in [1.165, 1.54) is 0 Å². The van der Waals surface area contributed by atoms with Gasteiger partial charge in [0.2, 0.25) is 5.91 Å². The van der Waals surface area contributed by atoms with Crippen LogP contribution in [0.25, 0.3) is 32.2 Å². The molecule has 2 fully saturated rings. The van der Waals surface area contributed by atoms with Gasteiger partial charge in [-0.25, -0.2) is 13.8 Å². The number of benzene rings is 2. The first-order valence-corrected chi connectivity index (χ1v) is 14.3. The second-order valence-corrected chi connectivity index (χ2v) is 11.4. The predicted molar refractivity (Wildman–Crippen MR) is 150 cm³/mol. The molecule has 228 valence electrons. The van der Waals surface area contributed by atoms with E-state index in [1.54, 1.807) is 4.90 Å². The van der Waals surface area contributed by atoms with Crippen molar-refractivity contribution in [1.29, 1.82) is 0 Å². The number of nitrogens with zero attached hydrogens (tertiary/aromatic N) is 4. The number of hydrogen-bond donors (Lipinski definition) is 4. The number of alkyl halides is 3. The molecule has 2 aliphatic heterocycles. The lowest BCUT2D eigenvalue weighted by Gasteiger charge is -2.34. The first-order chi connectivity index (χ1) is 20.5. The third-order valence-corrected chi connectivity index (χ3v) is 8.38. The summed E-state index contributed by atoms with van der Waals surface area (Å²) in [5, 5.41) is 14.5. The lowest BCUT2D eigenvalue weighted by Crippen LogP contribution is -2.51. The number of carbonyl (C=O) groups is 1. The van der Waals surface area contributed by atoms with Crippen molar-refractivity contribution in [2.45, 2.75) is 37.5 Å². The molecular formula is C27H26F5N7O3S. The minimum atomic E-state index is -5.01. The summed E-state index contributed by atoms with van der Waals surface area (Å²) in [5.74, 6) is -2.41. The van der Waals surface area contributed by atoms with Gasteiger partial charge in [-0.15, -0.1) is 0 Å². The Bertz CT molecular complexity index is 1700. The number of nitrogen functional groups attached to an aromatic ring is 1. The molecule has 2 aliphatic rings. The number of nitrogens with two attached hydrogens (primary N) is 1. The minimum absolute atomic E-state index is 0.0532. The highest BCUT2D eigenvalue weighted by atomic mass is 32.1. The summed E-state index contributed by atoms with van der Waals surface area (Å²) in [6.45, 7) is 0.449. The van der Waals surface area contributed by atoms with Crippen LogP contribution in [0, 0.1) is 11.6 Å². The van der Waals surface area contributed by atoms with Crippen LogP contribution in [0.3, 0.4) is 0 Å². The van der Waals surface area contributed by atoms with Crippen molar-refractivity contribution in [2.24, 2.45) is 0 Å². The van der Waals surface area contributed by atoms with Crippen molar-refractivity contribution >= 4 is 49.3 Å². The van der Waals surface area contributed by atoms with Gasteiger partial charge in [-0.1, -0.05) is 11.3 Å². The summed E-state index contributed by atoms with van der Waals surface area (Å²) in [7, 11) is 0. The number of piperazine rings is 1. The number of anilines is 2. The Balaban J connectivity index is 1.53. The number of nitrogens with one attached hydrogen (secondary N) is 2. The van der Waals surface area contributed by atoms with Gasteiger partial charge in [-0.05, 0) is 31.0 Å². The quantitative estimate of drug-likeness (QED) is 0.217. The number of thiazole rings is 1. The molecule has 0 spiro atoms. The van der Waals surface area contributed by atoms with Crippen molar-refractivity contribution in [1.82, 2.24) is 25.6 Å². The fraction of sp³-hybridized carbons (Fsp3) is 0.407. The van der Waals surface area contributed by atoms with E-state index in [0.717, 1.165) is 42.4 Å². The predicted octanol–water partition coefficient (Wildman–Crippen LogP) is 3.60. The maximum atomic E-state index is 16.5. The number of carbonyl (C=O) groups excluding carboxylic acids is 1. The minimum Gasteiger partial charge on any atom is -0.463 e. The fourth-order valence-electron chi connectivity index (χ4n) is 5.67. The molecule has 2 atom stereocenters. The number of aromatic nitrogens is 3. The third kappa shape index (κ3) is 5.61. The van der Waals surface area contributed by atoms with Crippen LogP contribution in [0.5, 0.6) is 6.01 Å². The van der Waals surface area contributed by atoms with Crippen LogP contribution in [0.2, 0.25) is 0 Å². The zero-order chi connectivity index (χ0) is 30.5. The molecule has 6 rings (SSSR count). The summed E-state index contributed by atoms with van der Waals surface area (Å²) in [4.78, 5) is 26.3. The van der Waals surface area contributed by atoms with E-state index in [4.69, 9.17) is 15.6 Å². The van der Waals surface area contributed by atoms with Crippen molar-refractivity contribution in [3.05, 3.63) is 35.4 Å². The smallest absolute Gasteiger partial charge is 0.417 e. The maximum absolute atomic E-state index is 16.5. The highest BCUT2D eigenvalue weighted by Crippen LogP contribution is 2.46. The molecule has 4 heterocycles. The highest BCUT2D eigenvalue weighted by molar-refractivity contribution is 7.22. The van der Waals surface area contributed by atoms with Crippen LogP contribution in [-0.4, -0.2) is 70.9 Å². The standard InChI is InChI=1S/C27H26F5N7O3S/c28-17-4-3-14(22-23(17)43-25(33)36-22)19-16(27(30,31)32)9-15-21(20(19)29)37-26(42-8-5-18(41)34-6-7-40)38-24(15)39-10-12-1-2-13(11-39)35-12/h3-4,9,12-13,35,40H,1-2,5-8,10-11H2,(H2,33,36)(H,34,41). The van der Waals surface area contributed by atoms with E-state index in [0.29, 0.717) is 13.1 Å². The highest BCUT2D eigenvalue weighted by Gasteiger charge is 2.39. The molecule has 16 heteroatoms. The Hall–Kier alpha value is -3.89. The summed E-state index contributed by atoms with van der Waals surface area (Å²) in [5.41, 5.74) is 2.66. The van der Waals surface area contributed by atoms with E-state index >= 15 is 4.39 Å². The molecule has 2 saturated heterocycles. The Kier molecular flexibility index (Phi) is 7.68. The van der Waals surface area contributed by atoms with Crippen LogP contribution in [0.15, 0.2) is 18.2 Å². The Morgan fingerprint density at radius 2 is 1.91 bits per heavy atom. The van der Waals surface area contributed by atoms with Crippen molar-refractivity contribution in [2.75, 3.05) is 43.5 Å². The molecule has 2 aromatic carbocycles. The van der Waals surface area contributed by atoms with E-state index in [1.807, 2.05) is 0 Å². The van der Waals surface area contributed by atoms with Crippen LogP contribution in [0.4, 0.5) is 32.9 Å². The van der Waals surface area contributed by atoms with Crippen molar-refractivity contribution in [3.8, 4) is 17.1 Å².